The number of hydrogen-bond donors (Lipinski definition) is 6. The number of rotatable bonds is 62. The summed E-state index contributed by atoms with van der Waals surface area (Å²) >= 11 is 0. The largest absolute Gasteiger partial charge is 0.392 e. The van der Waals surface area contributed by atoms with Gasteiger partial charge in [-0.25, -0.2) is 0 Å². The maximum Gasteiger partial charge on any atom is 0.0667 e. The van der Waals surface area contributed by atoms with E-state index in [0.29, 0.717) is 26.2 Å². The Labute approximate surface area is 445 Å². The molecule has 0 bridgehead atoms. The first-order chi connectivity index (χ1) is 34.8. The zero-order valence-corrected chi connectivity index (χ0v) is 48.9. The molecule has 0 aliphatic heterocycles. The highest BCUT2D eigenvalue weighted by molar-refractivity contribution is 4.71. The highest BCUT2D eigenvalue weighted by Crippen LogP contribution is 2.17. The second-order valence-corrected chi connectivity index (χ2v) is 23.0. The molecule has 0 rings (SSSR count). The predicted molar refractivity (Wildman–Crippen MR) is 313 cm³/mol. The normalized spacial score (nSPS) is 13.8. The Bertz CT molecular complexity index is 940. The summed E-state index contributed by atoms with van der Waals surface area (Å²) in [4.78, 5) is 4.62. The molecule has 8 nitrogen and oxygen atoms in total. The van der Waals surface area contributed by atoms with Crippen molar-refractivity contribution in [1.82, 2.24) is 20.4 Å². The van der Waals surface area contributed by atoms with E-state index < -0.39 is 0 Å². The summed E-state index contributed by atoms with van der Waals surface area (Å²) in [5, 5.41) is 50.3. The Morgan fingerprint density at radius 2 is 0.507 bits per heavy atom. The van der Waals surface area contributed by atoms with Gasteiger partial charge in [-0.2, -0.15) is 0 Å². The minimum absolute atomic E-state index is 0.295. The van der Waals surface area contributed by atoms with E-state index in [4.69, 9.17) is 0 Å². The molecule has 0 aromatic rings. The molecular weight excluding hydrogens is 877 g/mol. The molecule has 71 heavy (non-hydrogen) atoms. The number of hydrogen-bond acceptors (Lipinski definition) is 8. The van der Waals surface area contributed by atoms with Crippen LogP contribution in [0.15, 0.2) is 0 Å². The molecule has 0 saturated heterocycles. The van der Waals surface area contributed by atoms with Crippen LogP contribution in [0.3, 0.4) is 0 Å². The monoisotopic (exact) mass is 1010 g/mol. The van der Waals surface area contributed by atoms with Gasteiger partial charge in [0, 0.05) is 39.3 Å². The van der Waals surface area contributed by atoms with Gasteiger partial charge in [0.05, 0.1) is 24.4 Å². The summed E-state index contributed by atoms with van der Waals surface area (Å²) in [6, 6.07) is 0. The van der Waals surface area contributed by atoms with Crippen LogP contribution in [-0.2, 0) is 0 Å². The van der Waals surface area contributed by atoms with Crippen LogP contribution in [0.4, 0.5) is 0 Å². The van der Waals surface area contributed by atoms with Crippen LogP contribution in [0.5, 0.6) is 0 Å². The van der Waals surface area contributed by atoms with Crippen molar-refractivity contribution in [3.8, 4) is 0 Å². The second kappa shape index (κ2) is 58.9. The van der Waals surface area contributed by atoms with E-state index in [1.54, 1.807) is 0 Å². The Balaban J connectivity index is 4.26. The number of nitrogens with zero attached hydrogens (tertiary/aromatic N) is 2. The van der Waals surface area contributed by atoms with Gasteiger partial charge in [-0.05, 0) is 78.0 Å². The van der Waals surface area contributed by atoms with Crippen molar-refractivity contribution in [2.45, 2.75) is 341 Å². The van der Waals surface area contributed by atoms with Crippen LogP contribution in [0.25, 0.3) is 0 Å². The van der Waals surface area contributed by atoms with E-state index in [0.717, 1.165) is 84.2 Å². The van der Waals surface area contributed by atoms with Crippen molar-refractivity contribution in [3.63, 3.8) is 0 Å². The van der Waals surface area contributed by atoms with Crippen LogP contribution in [0.2, 0.25) is 0 Å². The molecule has 0 heterocycles. The first kappa shape index (κ1) is 70.7. The summed E-state index contributed by atoms with van der Waals surface area (Å²) in [6.45, 7) is 17.2. The van der Waals surface area contributed by atoms with Gasteiger partial charge in [-0.3, -0.25) is 9.80 Å². The highest BCUT2D eigenvalue weighted by atomic mass is 16.3. The first-order valence-corrected chi connectivity index (χ1v) is 32.4. The molecule has 8 heteroatoms. The van der Waals surface area contributed by atoms with Crippen LogP contribution in [-0.4, -0.2) is 120 Å². The summed E-state index contributed by atoms with van der Waals surface area (Å²) in [6.07, 6.45) is 56.7. The molecule has 4 unspecified atom stereocenters. The highest BCUT2D eigenvalue weighted by Gasteiger charge is 2.17. The fourth-order valence-electron chi connectivity index (χ4n) is 10.6. The molecule has 0 aliphatic rings. The molecule has 0 amide bonds. The van der Waals surface area contributed by atoms with Gasteiger partial charge < -0.3 is 31.1 Å². The van der Waals surface area contributed by atoms with Crippen molar-refractivity contribution in [1.29, 1.82) is 0 Å². The molecule has 0 radical (unpaired) electrons. The number of aliphatic hydroxyl groups excluding tert-OH is 4. The third kappa shape index (κ3) is 57.2. The van der Waals surface area contributed by atoms with Crippen LogP contribution >= 0.6 is 0 Å². The van der Waals surface area contributed by atoms with Crippen molar-refractivity contribution < 1.29 is 20.4 Å². The lowest BCUT2D eigenvalue weighted by Crippen LogP contribution is -2.41. The lowest BCUT2D eigenvalue weighted by Gasteiger charge is -2.27. The average molecular weight is 1010 g/mol. The lowest BCUT2D eigenvalue weighted by atomic mass is 10.0. The Morgan fingerprint density at radius 1 is 0.268 bits per heavy atom. The zero-order valence-electron chi connectivity index (χ0n) is 48.9. The third-order valence-electron chi connectivity index (χ3n) is 15.2. The SMILES string of the molecule is CCCCCCCCCCCCCCC(O)CN(CCNCCCCCNCCCCCN(CC(O)CCCCCCCCCCCCCC)CC(O)CCCCCCCCCCCCCC)CC(C)O. The third-order valence-corrected chi connectivity index (χ3v) is 15.2. The minimum Gasteiger partial charge on any atom is -0.392 e. The molecule has 0 aromatic heterocycles. The number of nitrogens with one attached hydrogen (secondary N) is 2. The van der Waals surface area contributed by atoms with E-state index in [1.807, 2.05) is 6.92 Å². The molecule has 0 saturated carbocycles. The van der Waals surface area contributed by atoms with Crippen molar-refractivity contribution >= 4 is 0 Å². The molecule has 0 fully saturated rings. The molecule has 6 N–H and O–H groups in total. The zero-order chi connectivity index (χ0) is 51.8. The summed E-state index contributed by atoms with van der Waals surface area (Å²) < 4.78 is 0. The van der Waals surface area contributed by atoms with Crippen molar-refractivity contribution in [2.75, 3.05) is 65.4 Å². The minimum atomic E-state index is -0.383. The fraction of sp³-hybridized carbons (Fsp3) is 1.00. The van der Waals surface area contributed by atoms with Gasteiger partial charge in [0.15, 0.2) is 0 Å². The first-order valence-electron chi connectivity index (χ1n) is 32.4. The quantitative estimate of drug-likeness (QED) is 0.0334. The Hall–Kier alpha value is -0.320. The van der Waals surface area contributed by atoms with Crippen molar-refractivity contribution in [3.05, 3.63) is 0 Å². The molecular formula is C63H132N4O4. The van der Waals surface area contributed by atoms with E-state index in [1.165, 1.54) is 244 Å². The summed E-state index contributed by atoms with van der Waals surface area (Å²) in [5.41, 5.74) is 0. The van der Waals surface area contributed by atoms with E-state index >= 15 is 0 Å². The maximum atomic E-state index is 11.1. The predicted octanol–water partition coefficient (Wildman–Crippen LogP) is 15.8. The van der Waals surface area contributed by atoms with Gasteiger partial charge in [0.1, 0.15) is 0 Å². The van der Waals surface area contributed by atoms with E-state index in [2.05, 4.69) is 41.2 Å². The van der Waals surface area contributed by atoms with Crippen LogP contribution in [0, 0.1) is 0 Å². The number of aliphatic hydroxyl groups is 4. The van der Waals surface area contributed by atoms with Gasteiger partial charge >= 0.3 is 0 Å². The molecule has 428 valence electrons. The van der Waals surface area contributed by atoms with Gasteiger partial charge in [0.2, 0.25) is 0 Å². The smallest absolute Gasteiger partial charge is 0.0667 e. The number of unbranched alkanes of at least 4 members (excludes halogenated alkanes) is 37. The standard InChI is InChI=1S/C63H132N4O4/c1-5-8-11-14-17-20-23-26-29-32-35-40-47-61(69)57-66(58-62(70)48-41-36-33-30-27-24-21-18-15-12-9-6-2)54-46-39-45-51-64-50-43-38-44-52-65-53-55-67(56-60(4)68)59-63(71)49-42-37-34-31-28-25-22-19-16-13-10-7-3/h60-65,68-71H,5-59H2,1-4H3. The van der Waals surface area contributed by atoms with Crippen molar-refractivity contribution in [2.24, 2.45) is 0 Å². The van der Waals surface area contributed by atoms with Gasteiger partial charge in [0.25, 0.3) is 0 Å². The molecule has 0 aromatic carbocycles. The summed E-state index contributed by atoms with van der Waals surface area (Å²) in [7, 11) is 0. The molecule has 0 spiro atoms. The Morgan fingerprint density at radius 3 is 0.803 bits per heavy atom. The lowest BCUT2D eigenvalue weighted by molar-refractivity contribution is 0.0596. The van der Waals surface area contributed by atoms with Gasteiger partial charge in [-0.1, -0.05) is 265 Å². The molecule has 4 atom stereocenters. The topological polar surface area (TPSA) is 111 Å². The summed E-state index contributed by atoms with van der Waals surface area (Å²) in [5.74, 6) is 0. The average Bonchev–Trinajstić information content (AvgIpc) is 3.34. The van der Waals surface area contributed by atoms with E-state index in [-0.39, 0.29) is 24.4 Å². The van der Waals surface area contributed by atoms with Gasteiger partial charge in [-0.15, -0.1) is 0 Å². The Kier molecular flexibility index (Phi) is 58.7. The fourth-order valence-corrected chi connectivity index (χ4v) is 10.6. The maximum absolute atomic E-state index is 11.1. The second-order valence-electron chi connectivity index (χ2n) is 23.0. The van der Waals surface area contributed by atoms with Crippen LogP contribution in [0.1, 0.15) is 317 Å². The van der Waals surface area contributed by atoms with Crippen LogP contribution < -0.4 is 10.6 Å². The molecule has 0 aliphatic carbocycles. The van der Waals surface area contributed by atoms with E-state index in [9.17, 15) is 20.4 Å².